The van der Waals surface area contributed by atoms with Crippen molar-refractivity contribution in [1.82, 2.24) is 10.4 Å². The molecule has 1 saturated heterocycles. The highest BCUT2D eigenvalue weighted by Gasteiger charge is 2.35. The molecule has 0 spiro atoms. The predicted molar refractivity (Wildman–Crippen MR) is 138 cm³/mol. The second-order valence-electron chi connectivity index (χ2n) is 9.17. The molecule has 0 aliphatic carbocycles. The maximum absolute atomic E-state index is 13.1. The monoisotopic (exact) mass is 515 g/mol. The van der Waals surface area contributed by atoms with Gasteiger partial charge in [0, 0.05) is 19.3 Å². The zero-order valence-corrected chi connectivity index (χ0v) is 20.7. The third kappa shape index (κ3) is 6.83. The summed E-state index contributed by atoms with van der Waals surface area (Å²) in [6.45, 7) is 0. The van der Waals surface area contributed by atoms with Crippen molar-refractivity contribution in [2.75, 3.05) is 0 Å². The average Bonchev–Trinajstić information content (AvgIpc) is 3.23. The van der Waals surface area contributed by atoms with E-state index in [0.717, 1.165) is 22.3 Å². The van der Waals surface area contributed by atoms with Crippen LogP contribution in [0.25, 0.3) is 0 Å². The summed E-state index contributed by atoms with van der Waals surface area (Å²) in [5, 5.41) is 13.1. The molecule has 0 saturated carbocycles. The fourth-order valence-electron chi connectivity index (χ4n) is 4.25. The number of hydrogen-bond donors (Lipinski definition) is 3. The van der Waals surface area contributed by atoms with Gasteiger partial charge < -0.3 is 21.0 Å². The van der Waals surface area contributed by atoms with Crippen LogP contribution in [0.15, 0.2) is 78.9 Å². The molecule has 4 N–H and O–H groups in total. The Morgan fingerprint density at radius 3 is 2.11 bits per heavy atom. The average molecular weight is 516 g/mol. The number of hydrogen-bond acceptors (Lipinski definition) is 7. The van der Waals surface area contributed by atoms with E-state index in [4.69, 9.17) is 10.6 Å². The lowest BCUT2D eigenvalue weighted by Crippen LogP contribution is -2.51. The summed E-state index contributed by atoms with van der Waals surface area (Å²) in [5.41, 5.74) is 9.64. The lowest BCUT2D eigenvalue weighted by Gasteiger charge is -2.22. The van der Waals surface area contributed by atoms with Crippen LogP contribution in [0.4, 0.5) is 0 Å². The summed E-state index contributed by atoms with van der Waals surface area (Å²) in [6.07, 6.45) is 0.701. The number of amides is 3. The van der Waals surface area contributed by atoms with Gasteiger partial charge in [0.15, 0.2) is 0 Å². The zero-order valence-electron chi connectivity index (χ0n) is 20.7. The van der Waals surface area contributed by atoms with Gasteiger partial charge in [-0.05, 0) is 47.2 Å². The van der Waals surface area contributed by atoms with Crippen LogP contribution in [0.1, 0.15) is 35.1 Å². The second kappa shape index (κ2) is 12.2. The van der Waals surface area contributed by atoms with Crippen LogP contribution in [-0.4, -0.2) is 45.9 Å². The van der Waals surface area contributed by atoms with Gasteiger partial charge in [-0.15, -0.1) is 5.06 Å². The maximum atomic E-state index is 13.1. The number of phenols is 1. The molecule has 1 aliphatic rings. The molecule has 3 amide bonds. The quantitative estimate of drug-likeness (QED) is 0.352. The van der Waals surface area contributed by atoms with E-state index in [0.29, 0.717) is 11.5 Å². The first-order valence-corrected chi connectivity index (χ1v) is 12.3. The molecule has 3 aromatic carbocycles. The van der Waals surface area contributed by atoms with Gasteiger partial charge in [0.25, 0.3) is 11.8 Å². The van der Waals surface area contributed by atoms with E-state index in [1.807, 2.05) is 36.4 Å². The number of aromatic hydroxyl groups is 1. The largest absolute Gasteiger partial charge is 0.508 e. The number of benzene rings is 3. The van der Waals surface area contributed by atoms with Crippen molar-refractivity contribution in [3.05, 3.63) is 101 Å². The lowest BCUT2D eigenvalue weighted by atomic mass is 9.95. The SMILES string of the molecule is N[C@@H](Cc1ccc(O)cc1Cc1ccccc1)C(=O)N[C@@H](Cc1ccccc1)C(=O)ON1C(=O)CCC1=O. The molecule has 1 fully saturated rings. The Hall–Kier alpha value is -4.50. The third-order valence-electron chi connectivity index (χ3n) is 6.27. The van der Waals surface area contributed by atoms with Crippen LogP contribution in [-0.2, 0) is 43.3 Å². The van der Waals surface area contributed by atoms with E-state index < -0.39 is 35.8 Å². The molecule has 1 heterocycles. The highest BCUT2D eigenvalue weighted by atomic mass is 16.7. The third-order valence-corrected chi connectivity index (χ3v) is 6.27. The minimum Gasteiger partial charge on any atom is -0.508 e. The van der Waals surface area contributed by atoms with E-state index in [9.17, 15) is 24.3 Å². The van der Waals surface area contributed by atoms with Crippen LogP contribution < -0.4 is 11.1 Å². The van der Waals surface area contributed by atoms with Crippen molar-refractivity contribution in [1.29, 1.82) is 0 Å². The van der Waals surface area contributed by atoms with E-state index >= 15 is 0 Å². The Labute approximate surface area is 220 Å². The predicted octanol–water partition coefficient (Wildman–Crippen LogP) is 2.19. The lowest BCUT2D eigenvalue weighted by molar-refractivity contribution is -0.199. The Balaban J connectivity index is 1.48. The number of carbonyl (C=O) groups is 4. The van der Waals surface area contributed by atoms with Crippen LogP contribution in [0, 0.1) is 0 Å². The van der Waals surface area contributed by atoms with Crippen LogP contribution in [0.5, 0.6) is 5.75 Å². The van der Waals surface area contributed by atoms with Crippen molar-refractivity contribution in [2.45, 2.75) is 44.2 Å². The topological polar surface area (TPSA) is 139 Å². The van der Waals surface area contributed by atoms with E-state index in [1.165, 1.54) is 6.07 Å². The van der Waals surface area contributed by atoms with E-state index in [1.54, 1.807) is 36.4 Å². The molecule has 196 valence electrons. The summed E-state index contributed by atoms with van der Waals surface area (Å²) in [7, 11) is 0. The molecule has 9 nitrogen and oxygen atoms in total. The number of nitrogens with two attached hydrogens (primary N) is 1. The fourth-order valence-corrected chi connectivity index (χ4v) is 4.25. The van der Waals surface area contributed by atoms with Crippen LogP contribution in [0.2, 0.25) is 0 Å². The minimum atomic E-state index is -1.18. The van der Waals surface area contributed by atoms with Crippen molar-refractivity contribution in [2.24, 2.45) is 5.73 Å². The van der Waals surface area contributed by atoms with Gasteiger partial charge >= 0.3 is 5.97 Å². The summed E-state index contributed by atoms with van der Waals surface area (Å²) in [6, 6.07) is 21.4. The molecular weight excluding hydrogens is 486 g/mol. The van der Waals surface area contributed by atoms with Gasteiger partial charge in [0.05, 0.1) is 6.04 Å². The molecule has 2 atom stereocenters. The van der Waals surface area contributed by atoms with E-state index in [2.05, 4.69) is 5.32 Å². The standard InChI is InChI=1S/C29H29N3O6/c30-24(18-21-11-12-23(33)17-22(21)15-19-7-3-1-4-8-19)28(36)31-25(16-20-9-5-2-6-10-20)29(37)38-32-26(34)13-14-27(32)35/h1-12,17,24-25,33H,13-16,18,30H2,(H,31,36)/t24-,25-/m0/s1. The molecule has 3 aromatic rings. The molecule has 4 rings (SSSR count). The molecule has 0 bridgehead atoms. The normalized spacial score (nSPS) is 14.7. The smallest absolute Gasteiger partial charge is 0.355 e. The van der Waals surface area contributed by atoms with Crippen LogP contribution >= 0.6 is 0 Å². The van der Waals surface area contributed by atoms with Gasteiger partial charge in [-0.25, -0.2) is 4.79 Å². The summed E-state index contributed by atoms with van der Waals surface area (Å²) < 4.78 is 0. The van der Waals surface area contributed by atoms with Gasteiger partial charge in [-0.3, -0.25) is 14.4 Å². The molecule has 0 unspecified atom stereocenters. The van der Waals surface area contributed by atoms with Crippen LogP contribution in [0.3, 0.4) is 0 Å². The highest BCUT2D eigenvalue weighted by Crippen LogP contribution is 2.21. The molecule has 38 heavy (non-hydrogen) atoms. The molecule has 0 radical (unpaired) electrons. The van der Waals surface area contributed by atoms with Gasteiger partial charge in [-0.2, -0.15) is 0 Å². The van der Waals surface area contributed by atoms with Crippen molar-refractivity contribution in [3.63, 3.8) is 0 Å². The summed E-state index contributed by atoms with van der Waals surface area (Å²) >= 11 is 0. The molecule has 9 heteroatoms. The van der Waals surface area contributed by atoms with Gasteiger partial charge in [-0.1, -0.05) is 66.7 Å². The molecule has 0 aromatic heterocycles. The zero-order chi connectivity index (χ0) is 27.1. The molecular formula is C29H29N3O6. The number of nitrogens with one attached hydrogen (secondary N) is 1. The first kappa shape index (κ1) is 26.6. The number of hydroxylamine groups is 2. The molecule has 1 aliphatic heterocycles. The number of phenolic OH excluding ortho intramolecular Hbond substituents is 1. The fraction of sp³-hybridized carbons (Fsp3) is 0.241. The van der Waals surface area contributed by atoms with Crippen molar-refractivity contribution >= 4 is 23.7 Å². The Morgan fingerprint density at radius 1 is 0.868 bits per heavy atom. The number of nitrogens with zero attached hydrogens (tertiary/aromatic N) is 1. The van der Waals surface area contributed by atoms with Crippen molar-refractivity contribution in [3.8, 4) is 5.75 Å². The maximum Gasteiger partial charge on any atom is 0.355 e. The first-order valence-electron chi connectivity index (χ1n) is 12.3. The van der Waals surface area contributed by atoms with Gasteiger partial charge in [0.1, 0.15) is 11.8 Å². The van der Waals surface area contributed by atoms with Gasteiger partial charge in [0.2, 0.25) is 5.91 Å². The minimum absolute atomic E-state index is 0.0371. The number of carbonyl (C=O) groups excluding carboxylic acids is 4. The summed E-state index contributed by atoms with van der Waals surface area (Å²) in [5.74, 6) is -2.64. The Kier molecular flexibility index (Phi) is 8.50. The Bertz CT molecular complexity index is 1300. The van der Waals surface area contributed by atoms with Crippen molar-refractivity contribution < 1.29 is 29.1 Å². The highest BCUT2D eigenvalue weighted by molar-refractivity contribution is 6.02. The Morgan fingerprint density at radius 2 is 1.47 bits per heavy atom. The van der Waals surface area contributed by atoms with E-state index in [-0.39, 0.29) is 31.4 Å². The second-order valence-corrected chi connectivity index (χ2v) is 9.17. The number of imide groups is 1. The first-order chi connectivity index (χ1) is 18.3. The number of rotatable bonds is 10. The summed E-state index contributed by atoms with van der Waals surface area (Å²) in [4.78, 5) is 55.0.